The van der Waals surface area contributed by atoms with E-state index in [-0.39, 0.29) is 11.3 Å². The minimum Gasteiger partial charge on any atom is -0.357 e. The van der Waals surface area contributed by atoms with Gasteiger partial charge in [0.15, 0.2) is 0 Å². The molecule has 2 aliphatic carbocycles. The molecule has 1 amide bonds. The zero-order valence-electron chi connectivity index (χ0n) is 15.9. The molecule has 2 saturated carbocycles. The second-order valence-corrected chi connectivity index (χ2v) is 9.26. The third-order valence-electron chi connectivity index (χ3n) is 7.49. The van der Waals surface area contributed by atoms with Gasteiger partial charge in [-0.1, -0.05) is 24.1 Å². The Labute approximate surface area is 166 Å². The second-order valence-electron chi connectivity index (χ2n) is 8.87. The van der Waals surface area contributed by atoms with Crippen LogP contribution in [-0.4, -0.2) is 66.0 Å². The molecule has 0 radical (unpaired) electrons. The fourth-order valence-corrected chi connectivity index (χ4v) is 5.44. The van der Waals surface area contributed by atoms with Gasteiger partial charge in [0, 0.05) is 51.2 Å². The van der Waals surface area contributed by atoms with Crippen LogP contribution in [0.5, 0.6) is 0 Å². The molecule has 2 saturated heterocycles. The fourth-order valence-electron chi connectivity index (χ4n) is 5.28. The van der Waals surface area contributed by atoms with E-state index in [0.717, 1.165) is 70.4 Å². The first-order valence-electron chi connectivity index (χ1n) is 10.5. The van der Waals surface area contributed by atoms with Gasteiger partial charge in [-0.25, -0.2) is 4.98 Å². The van der Waals surface area contributed by atoms with Gasteiger partial charge >= 0.3 is 0 Å². The number of aromatic nitrogens is 1. The molecule has 0 bridgehead atoms. The van der Waals surface area contributed by atoms with E-state index in [4.69, 9.17) is 11.6 Å². The van der Waals surface area contributed by atoms with Crippen molar-refractivity contribution in [1.82, 2.24) is 14.8 Å². The molecule has 4 fully saturated rings. The van der Waals surface area contributed by atoms with Crippen molar-refractivity contribution in [1.29, 1.82) is 0 Å². The van der Waals surface area contributed by atoms with Crippen molar-refractivity contribution >= 4 is 23.3 Å². The first-order chi connectivity index (χ1) is 13.1. The lowest BCUT2D eigenvalue weighted by atomic mass is 9.90. The Balaban J connectivity index is 1.14. The van der Waals surface area contributed by atoms with Gasteiger partial charge in [-0.15, -0.1) is 0 Å². The van der Waals surface area contributed by atoms with Crippen LogP contribution in [0.4, 0.5) is 5.82 Å². The highest BCUT2D eigenvalue weighted by Gasteiger charge is 2.59. The first kappa shape index (κ1) is 17.7. The van der Waals surface area contributed by atoms with Crippen molar-refractivity contribution in [3.05, 3.63) is 23.4 Å². The predicted octanol–water partition coefficient (Wildman–Crippen LogP) is 3.04. The van der Waals surface area contributed by atoms with Crippen LogP contribution >= 0.6 is 11.6 Å². The standard InChI is InChI=1S/C21H29ClN4O/c22-18-5-2-6-19(23-18)25-9-7-21(8-10-25)15-17(21)20(27)26-13-11-24(12-14-26)16-3-1-4-16/h2,5-6,16-17H,1,3-4,7-15H2. The number of nitrogens with zero attached hydrogens (tertiary/aromatic N) is 4. The van der Waals surface area contributed by atoms with E-state index in [2.05, 4.69) is 19.7 Å². The average Bonchev–Trinajstić information content (AvgIpc) is 3.34. The summed E-state index contributed by atoms with van der Waals surface area (Å²) in [6.07, 6.45) is 7.39. The second kappa shape index (κ2) is 6.93. The number of carbonyl (C=O) groups excluding carboxylic acids is 1. The number of amides is 1. The summed E-state index contributed by atoms with van der Waals surface area (Å²) in [7, 11) is 0. The molecule has 6 heteroatoms. The highest BCUT2D eigenvalue weighted by atomic mass is 35.5. The molecule has 146 valence electrons. The van der Waals surface area contributed by atoms with E-state index >= 15 is 0 Å². The SMILES string of the molecule is O=C(C1CC12CCN(c1cccc(Cl)n1)CC2)N1CCN(C2CCC2)CC1. The summed E-state index contributed by atoms with van der Waals surface area (Å²) in [5.74, 6) is 1.66. The third kappa shape index (κ3) is 3.33. The van der Waals surface area contributed by atoms with Crippen LogP contribution in [0.1, 0.15) is 38.5 Å². The largest absolute Gasteiger partial charge is 0.357 e. The van der Waals surface area contributed by atoms with E-state index in [1.54, 1.807) is 0 Å². The molecule has 5 nitrogen and oxygen atoms in total. The molecule has 1 aromatic heterocycles. The fraction of sp³-hybridized carbons (Fsp3) is 0.714. The maximum Gasteiger partial charge on any atom is 0.226 e. The van der Waals surface area contributed by atoms with Gasteiger partial charge in [-0.05, 0) is 49.7 Å². The summed E-state index contributed by atoms with van der Waals surface area (Å²) >= 11 is 6.03. The smallest absolute Gasteiger partial charge is 0.226 e. The van der Waals surface area contributed by atoms with E-state index in [9.17, 15) is 4.79 Å². The molecule has 4 aliphatic rings. The van der Waals surface area contributed by atoms with Crippen LogP contribution in [0.3, 0.4) is 0 Å². The zero-order valence-corrected chi connectivity index (χ0v) is 16.7. The van der Waals surface area contributed by atoms with E-state index in [1.807, 2.05) is 18.2 Å². The van der Waals surface area contributed by atoms with Crippen molar-refractivity contribution in [2.24, 2.45) is 11.3 Å². The van der Waals surface area contributed by atoms with Crippen molar-refractivity contribution in [3.63, 3.8) is 0 Å². The molecule has 1 unspecified atom stereocenters. The van der Waals surface area contributed by atoms with E-state index < -0.39 is 0 Å². The van der Waals surface area contributed by atoms with Gasteiger partial charge in [0.2, 0.25) is 5.91 Å². The highest BCUT2D eigenvalue weighted by Crippen LogP contribution is 2.60. The number of carbonyl (C=O) groups is 1. The molecule has 3 heterocycles. The van der Waals surface area contributed by atoms with Crippen LogP contribution < -0.4 is 4.90 Å². The Morgan fingerprint density at radius 3 is 2.44 bits per heavy atom. The Hall–Kier alpha value is -1.33. The van der Waals surface area contributed by atoms with Crippen LogP contribution in [0.15, 0.2) is 18.2 Å². The molecule has 0 N–H and O–H groups in total. The molecule has 5 rings (SSSR count). The molecule has 2 aliphatic heterocycles. The normalized spacial score (nSPS) is 28.3. The number of piperazine rings is 1. The summed E-state index contributed by atoms with van der Waals surface area (Å²) < 4.78 is 0. The topological polar surface area (TPSA) is 39.7 Å². The lowest BCUT2D eigenvalue weighted by Crippen LogP contribution is -2.54. The number of pyridine rings is 1. The van der Waals surface area contributed by atoms with Gasteiger partial charge in [-0.3, -0.25) is 9.69 Å². The lowest BCUT2D eigenvalue weighted by Gasteiger charge is -2.43. The minimum atomic E-state index is 0.261. The number of piperidine rings is 1. The predicted molar refractivity (Wildman–Crippen MR) is 107 cm³/mol. The monoisotopic (exact) mass is 388 g/mol. The van der Waals surface area contributed by atoms with Gasteiger partial charge in [0.05, 0.1) is 0 Å². The van der Waals surface area contributed by atoms with Crippen LogP contribution in [0, 0.1) is 11.3 Å². The van der Waals surface area contributed by atoms with Gasteiger partial charge in [0.25, 0.3) is 0 Å². The number of hydrogen-bond acceptors (Lipinski definition) is 4. The van der Waals surface area contributed by atoms with Crippen molar-refractivity contribution < 1.29 is 4.79 Å². The minimum absolute atomic E-state index is 0.261. The number of anilines is 1. The Bertz CT molecular complexity index is 706. The highest BCUT2D eigenvalue weighted by molar-refractivity contribution is 6.29. The summed E-state index contributed by atoms with van der Waals surface area (Å²) in [5.41, 5.74) is 0.261. The maximum atomic E-state index is 13.1. The quantitative estimate of drug-likeness (QED) is 0.746. The Kier molecular flexibility index (Phi) is 4.55. The lowest BCUT2D eigenvalue weighted by molar-refractivity contribution is -0.136. The maximum absolute atomic E-state index is 13.1. The number of rotatable bonds is 3. The molecule has 1 spiro atoms. The summed E-state index contributed by atoms with van der Waals surface area (Å²) in [6.45, 7) is 5.97. The number of halogens is 1. The van der Waals surface area contributed by atoms with Crippen molar-refractivity contribution in [2.75, 3.05) is 44.2 Å². The molecule has 1 aromatic rings. The molecule has 1 atom stereocenters. The molecular formula is C21H29ClN4O. The zero-order chi connectivity index (χ0) is 18.4. The summed E-state index contributed by atoms with van der Waals surface area (Å²) in [4.78, 5) is 24.6. The Morgan fingerprint density at radius 1 is 1.07 bits per heavy atom. The van der Waals surface area contributed by atoms with Gasteiger partial charge in [-0.2, -0.15) is 0 Å². The molecule has 0 aromatic carbocycles. The van der Waals surface area contributed by atoms with Gasteiger partial charge < -0.3 is 9.80 Å². The first-order valence-corrected chi connectivity index (χ1v) is 10.9. The van der Waals surface area contributed by atoms with E-state index in [1.165, 1.54) is 19.3 Å². The van der Waals surface area contributed by atoms with Crippen LogP contribution in [-0.2, 0) is 4.79 Å². The molecule has 27 heavy (non-hydrogen) atoms. The Morgan fingerprint density at radius 2 is 1.81 bits per heavy atom. The number of hydrogen-bond donors (Lipinski definition) is 0. The van der Waals surface area contributed by atoms with Crippen LogP contribution in [0.2, 0.25) is 5.15 Å². The van der Waals surface area contributed by atoms with E-state index in [0.29, 0.717) is 11.1 Å². The summed E-state index contributed by atoms with van der Waals surface area (Å²) in [5, 5.41) is 0.549. The third-order valence-corrected chi connectivity index (χ3v) is 7.70. The average molecular weight is 389 g/mol. The molecular weight excluding hydrogens is 360 g/mol. The van der Waals surface area contributed by atoms with Crippen molar-refractivity contribution in [2.45, 2.75) is 44.6 Å². The van der Waals surface area contributed by atoms with Crippen molar-refractivity contribution in [3.8, 4) is 0 Å². The van der Waals surface area contributed by atoms with Crippen LogP contribution in [0.25, 0.3) is 0 Å². The summed E-state index contributed by atoms with van der Waals surface area (Å²) in [6, 6.07) is 6.61. The van der Waals surface area contributed by atoms with Gasteiger partial charge in [0.1, 0.15) is 11.0 Å².